The minimum absolute atomic E-state index is 0.101. The first-order chi connectivity index (χ1) is 16.2. The van der Waals surface area contributed by atoms with Crippen molar-refractivity contribution in [3.8, 4) is 5.75 Å². The molecule has 1 heterocycles. The Labute approximate surface area is 205 Å². The van der Waals surface area contributed by atoms with Crippen LogP contribution < -0.4 is 4.74 Å². The highest BCUT2D eigenvalue weighted by atomic mass is 79.9. The second-order valence-corrected chi connectivity index (χ2v) is 8.43. The molecule has 1 N–H and O–H groups in total. The standard InChI is InChI=1S/C21H22BrF3O10/c1-9(26)31-8-16-19(33-11(3)28)18(32-10(2)27)13(7-17(29)30)20(35-16)34-15-5-4-12(22)6-14(15)21(23,24)25/h4-6,13,16,18-20H,7-8H2,1-3H3,(H,29,30)/t13-,16+,18-,19-,20-/m0/s1. The summed E-state index contributed by atoms with van der Waals surface area (Å²) < 4.78 is 67.4. The third kappa shape index (κ3) is 8.09. The van der Waals surface area contributed by atoms with Gasteiger partial charge in [-0.15, -0.1) is 0 Å². The van der Waals surface area contributed by atoms with E-state index in [4.69, 9.17) is 23.7 Å². The molecule has 1 aliphatic rings. The van der Waals surface area contributed by atoms with Gasteiger partial charge in [-0.3, -0.25) is 19.2 Å². The Balaban J connectivity index is 2.56. The van der Waals surface area contributed by atoms with E-state index in [9.17, 15) is 37.5 Å². The second kappa shape index (κ2) is 11.7. The highest BCUT2D eigenvalue weighted by molar-refractivity contribution is 9.10. The van der Waals surface area contributed by atoms with Crippen LogP contribution in [0.5, 0.6) is 5.75 Å². The fraction of sp³-hybridized carbons (Fsp3) is 0.524. The number of rotatable bonds is 8. The number of carbonyl (C=O) groups is 4. The van der Waals surface area contributed by atoms with Gasteiger partial charge in [0, 0.05) is 25.2 Å². The number of esters is 3. The number of hydrogen-bond donors (Lipinski definition) is 1. The Morgan fingerprint density at radius 2 is 1.63 bits per heavy atom. The SMILES string of the molecule is CC(=O)OC[C@H]1O[C@H](Oc2ccc(Br)cc2C(F)(F)F)[C@@H](CC(=O)O)[C@H](OC(C)=O)[C@H]1OC(C)=O. The molecule has 10 nitrogen and oxygen atoms in total. The van der Waals surface area contributed by atoms with Crippen LogP contribution in [0.4, 0.5) is 13.2 Å². The van der Waals surface area contributed by atoms with Gasteiger partial charge in [0.25, 0.3) is 0 Å². The van der Waals surface area contributed by atoms with Crippen LogP contribution in [0.25, 0.3) is 0 Å². The zero-order valence-electron chi connectivity index (χ0n) is 18.7. The lowest BCUT2D eigenvalue weighted by molar-refractivity contribution is -0.272. The first-order valence-corrected chi connectivity index (χ1v) is 10.9. The van der Waals surface area contributed by atoms with Crippen LogP contribution in [0.1, 0.15) is 32.8 Å². The van der Waals surface area contributed by atoms with Crippen LogP contribution in [0, 0.1) is 5.92 Å². The largest absolute Gasteiger partial charge is 0.481 e. The Morgan fingerprint density at radius 1 is 1.03 bits per heavy atom. The Bertz CT molecular complexity index is 967. The van der Waals surface area contributed by atoms with Gasteiger partial charge in [-0.2, -0.15) is 13.2 Å². The summed E-state index contributed by atoms with van der Waals surface area (Å²) in [5.74, 6) is -6.04. The Hall–Kier alpha value is -2.87. The number of halogens is 4. The maximum Gasteiger partial charge on any atom is 0.420 e. The van der Waals surface area contributed by atoms with Crippen molar-refractivity contribution in [1.29, 1.82) is 0 Å². The van der Waals surface area contributed by atoms with Gasteiger partial charge in [0.15, 0.2) is 12.2 Å². The van der Waals surface area contributed by atoms with E-state index in [1.807, 2.05) is 0 Å². The fourth-order valence-corrected chi connectivity index (χ4v) is 3.82. The smallest absolute Gasteiger partial charge is 0.420 e. The van der Waals surface area contributed by atoms with Crippen LogP contribution in [0.15, 0.2) is 22.7 Å². The number of benzene rings is 1. The molecule has 0 saturated carbocycles. The van der Waals surface area contributed by atoms with Crippen molar-refractivity contribution in [1.82, 2.24) is 0 Å². The van der Waals surface area contributed by atoms with Gasteiger partial charge in [-0.05, 0) is 18.2 Å². The molecule has 14 heteroatoms. The van der Waals surface area contributed by atoms with Crippen molar-refractivity contribution in [2.24, 2.45) is 5.92 Å². The molecule has 2 rings (SSSR count). The van der Waals surface area contributed by atoms with Crippen molar-refractivity contribution in [2.45, 2.75) is 58.0 Å². The highest BCUT2D eigenvalue weighted by Gasteiger charge is 2.52. The molecule has 0 bridgehead atoms. The molecule has 1 aromatic rings. The van der Waals surface area contributed by atoms with Crippen molar-refractivity contribution in [3.05, 3.63) is 28.2 Å². The third-order valence-electron chi connectivity index (χ3n) is 4.73. The number of carboxylic acid groups (broad SMARTS) is 1. The number of hydrogen-bond acceptors (Lipinski definition) is 9. The summed E-state index contributed by atoms with van der Waals surface area (Å²) in [7, 11) is 0. The van der Waals surface area contributed by atoms with E-state index < -0.39 is 84.9 Å². The maximum absolute atomic E-state index is 13.6. The monoisotopic (exact) mass is 570 g/mol. The Morgan fingerprint density at radius 3 is 2.14 bits per heavy atom. The summed E-state index contributed by atoms with van der Waals surface area (Å²) in [6.07, 6.45) is -11.7. The molecular formula is C21H22BrF3O10. The molecule has 35 heavy (non-hydrogen) atoms. The van der Waals surface area contributed by atoms with Crippen LogP contribution in [-0.2, 0) is 44.3 Å². The van der Waals surface area contributed by atoms with Gasteiger partial charge < -0.3 is 28.8 Å². The number of aliphatic carboxylic acids is 1. The zero-order chi connectivity index (χ0) is 26.5. The molecule has 0 radical (unpaired) electrons. The van der Waals surface area contributed by atoms with Crippen molar-refractivity contribution in [2.75, 3.05) is 6.61 Å². The van der Waals surface area contributed by atoms with Crippen LogP contribution >= 0.6 is 15.9 Å². The molecule has 0 unspecified atom stereocenters. The molecular weight excluding hydrogens is 549 g/mol. The quantitative estimate of drug-likeness (QED) is 0.367. The summed E-state index contributed by atoms with van der Waals surface area (Å²) in [5.41, 5.74) is -1.19. The van der Waals surface area contributed by atoms with Crippen LogP contribution in [-0.4, -0.2) is 60.2 Å². The van der Waals surface area contributed by atoms with Gasteiger partial charge in [-0.1, -0.05) is 15.9 Å². The van der Waals surface area contributed by atoms with Crippen LogP contribution in [0.2, 0.25) is 0 Å². The summed E-state index contributed by atoms with van der Waals surface area (Å²) in [6, 6.07) is 3.02. The second-order valence-electron chi connectivity index (χ2n) is 7.51. The summed E-state index contributed by atoms with van der Waals surface area (Å²) in [6.45, 7) is 2.55. The lowest BCUT2D eigenvalue weighted by Crippen LogP contribution is -2.60. The average molecular weight is 571 g/mol. The van der Waals surface area contributed by atoms with E-state index in [0.717, 1.165) is 32.9 Å². The first kappa shape index (κ1) is 28.4. The van der Waals surface area contributed by atoms with Crippen LogP contribution in [0.3, 0.4) is 0 Å². The average Bonchev–Trinajstić information content (AvgIpc) is 2.70. The van der Waals surface area contributed by atoms with E-state index in [1.54, 1.807) is 0 Å². The van der Waals surface area contributed by atoms with Gasteiger partial charge in [0.05, 0.1) is 17.9 Å². The van der Waals surface area contributed by atoms with Crippen molar-refractivity contribution >= 4 is 39.8 Å². The lowest BCUT2D eigenvalue weighted by Gasteiger charge is -2.44. The molecule has 5 atom stereocenters. The van der Waals surface area contributed by atoms with Gasteiger partial charge in [0.2, 0.25) is 6.29 Å². The first-order valence-electron chi connectivity index (χ1n) is 10.1. The molecule has 0 aromatic heterocycles. The predicted octanol–water partition coefficient (Wildman–Crippen LogP) is 3.09. The maximum atomic E-state index is 13.6. The third-order valence-corrected chi connectivity index (χ3v) is 5.22. The minimum atomic E-state index is -4.84. The zero-order valence-corrected chi connectivity index (χ0v) is 20.3. The lowest BCUT2D eigenvalue weighted by atomic mass is 9.87. The normalized spacial score (nSPS) is 24.3. The number of ether oxygens (including phenoxy) is 5. The molecule has 1 aliphatic heterocycles. The summed E-state index contributed by atoms with van der Waals surface area (Å²) in [5, 5.41) is 9.42. The Kier molecular flexibility index (Phi) is 9.49. The van der Waals surface area contributed by atoms with Crippen molar-refractivity contribution < 1.29 is 61.1 Å². The van der Waals surface area contributed by atoms with E-state index >= 15 is 0 Å². The van der Waals surface area contributed by atoms with Gasteiger partial charge in [0.1, 0.15) is 18.5 Å². The predicted molar refractivity (Wildman–Crippen MR) is 112 cm³/mol. The molecule has 0 amide bonds. The topological polar surface area (TPSA) is 135 Å². The van der Waals surface area contributed by atoms with Gasteiger partial charge >= 0.3 is 30.1 Å². The molecule has 1 aromatic carbocycles. The summed E-state index contributed by atoms with van der Waals surface area (Å²) >= 11 is 2.95. The molecule has 0 aliphatic carbocycles. The van der Waals surface area contributed by atoms with E-state index in [2.05, 4.69) is 15.9 Å². The highest BCUT2D eigenvalue weighted by Crippen LogP contribution is 2.41. The van der Waals surface area contributed by atoms with E-state index in [1.165, 1.54) is 6.07 Å². The van der Waals surface area contributed by atoms with Crippen molar-refractivity contribution in [3.63, 3.8) is 0 Å². The molecule has 1 saturated heterocycles. The molecule has 194 valence electrons. The number of alkyl halides is 3. The minimum Gasteiger partial charge on any atom is -0.481 e. The molecule has 1 fully saturated rings. The molecule has 0 spiro atoms. The van der Waals surface area contributed by atoms with E-state index in [0.29, 0.717) is 0 Å². The van der Waals surface area contributed by atoms with E-state index in [-0.39, 0.29) is 4.47 Å². The van der Waals surface area contributed by atoms with Gasteiger partial charge in [-0.25, -0.2) is 0 Å². The fourth-order valence-electron chi connectivity index (χ4n) is 3.46. The number of carboxylic acids is 1. The number of carbonyl (C=O) groups excluding carboxylic acids is 3. The summed E-state index contributed by atoms with van der Waals surface area (Å²) in [4.78, 5) is 46.4.